The highest BCUT2D eigenvalue weighted by Crippen LogP contribution is 2.27. The molecule has 2 aromatic carbocycles. The number of amides is 1. The third kappa shape index (κ3) is 6.38. The van der Waals surface area contributed by atoms with Gasteiger partial charge in [-0.25, -0.2) is 0 Å². The summed E-state index contributed by atoms with van der Waals surface area (Å²) in [6.45, 7) is 3.59. The lowest BCUT2D eigenvalue weighted by Gasteiger charge is -2.23. The smallest absolute Gasteiger partial charge is 0.227 e. The molecule has 164 valence electrons. The summed E-state index contributed by atoms with van der Waals surface area (Å²) < 4.78 is 10.7. The summed E-state index contributed by atoms with van der Waals surface area (Å²) in [5.41, 5.74) is 3.73. The molecule has 0 saturated heterocycles. The molecule has 0 spiro atoms. The van der Waals surface area contributed by atoms with E-state index in [1.165, 1.54) is 16.7 Å². The number of hydrogen-bond acceptors (Lipinski definition) is 4. The SMILES string of the molecule is COc1ccc(CCN(C)CCCN2CCc3ccccc3CC2=O)cc1OC.Cl. The van der Waals surface area contributed by atoms with Crippen LogP contribution in [0.25, 0.3) is 0 Å². The average Bonchev–Trinajstić information content (AvgIpc) is 2.90. The summed E-state index contributed by atoms with van der Waals surface area (Å²) in [6.07, 6.45) is 3.43. The Morgan fingerprint density at radius 1 is 1.00 bits per heavy atom. The second-order valence-corrected chi connectivity index (χ2v) is 7.67. The van der Waals surface area contributed by atoms with Crippen molar-refractivity contribution in [1.82, 2.24) is 9.80 Å². The molecule has 6 heteroatoms. The first-order valence-corrected chi connectivity index (χ1v) is 10.3. The Balaban J connectivity index is 0.00000320. The van der Waals surface area contributed by atoms with Crippen molar-refractivity contribution >= 4 is 18.3 Å². The first kappa shape index (κ1) is 24.0. The molecule has 0 atom stereocenters. The Hall–Kier alpha value is -2.24. The van der Waals surface area contributed by atoms with Crippen molar-refractivity contribution in [2.45, 2.75) is 25.7 Å². The molecule has 0 aromatic heterocycles. The van der Waals surface area contributed by atoms with Crippen molar-refractivity contribution in [2.75, 3.05) is 47.4 Å². The highest BCUT2D eigenvalue weighted by molar-refractivity contribution is 5.85. The van der Waals surface area contributed by atoms with E-state index < -0.39 is 0 Å². The van der Waals surface area contributed by atoms with Gasteiger partial charge in [-0.05, 0) is 61.7 Å². The lowest BCUT2D eigenvalue weighted by Crippen LogP contribution is -2.35. The van der Waals surface area contributed by atoms with E-state index in [0.29, 0.717) is 6.42 Å². The van der Waals surface area contributed by atoms with Crippen LogP contribution in [0.3, 0.4) is 0 Å². The Kier molecular flexibility index (Phi) is 9.47. The van der Waals surface area contributed by atoms with Crippen LogP contribution in [0.5, 0.6) is 11.5 Å². The summed E-state index contributed by atoms with van der Waals surface area (Å²) >= 11 is 0. The average molecular weight is 433 g/mol. The van der Waals surface area contributed by atoms with Crippen LogP contribution in [0.2, 0.25) is 0 Å². The maximum Gasteiger partial charge on any atom is 0.227 e. The van der Waals surface area contributed by atoms with Crippen molar-refractivity contribution in [3.63, 3.8) is 0 Å². The first-order chi connectivity index (χ1) is 14.1. The Bertz CT molecular complexity index is 828. The van der Waals surface area contributed by atoms with Gasteiger partial charge in [-0.2, -0.15) is 0 Å². The van der Waals surface area contributed by atoms with Gasteiger partial charge < -0.3 is 19.3 Å². The fourth-order valence-corrected chi connectivity index (χ4v) is 3.86. The molecule has 0 unspecified atom stereocenters. The van der Waals surface area contributed by atoms with Crippen LogP contribution in [-0.4, -0.2) is 63.2 Å². The summed E-state index contributed by atoms with van der Waals surface area (Å²) in [6, 6.07) is 14.4. The van der Waals surface area contributed by atoms with Crippen molar-refractivity contribution in [2.24, 2.45) is 0 Å². The summed E-state index contributed by atoms with van der Waals surface area (Å²) in [7, 11) is 5.45. The van der Waals surface area contributed by atoms with Gasteiger partial charge in [0.05, 0.1) is 20.6 Å². The van der Waals surface area contributed by atoms with Crippen molar-refractivity contribution in [1.29, 1.82) is 0 Å². The molecule has 1 heterocycles. The molecule has 0 bridgehead atoms. The summed E-state index contributed by atoms with van der Waals surface area (Å²) in [5, 5.41) is 0. The van der Waals surface area contributed by atoms with E-state index in [2.05, 4.69) is 36.2 Å². The lowest BCUT2D eigenvalue weighted by molar-refractivity contribution is -0.130. The topological polar surface area (TPSA) is 42.0 Å². The second kappa shape index (κ2) is 11.8. The number of rotatable bonds is 9. The molecule has 5 nitrogen and oxygen atoms in total. The van der Waals surface area contributed by atoms with Gasteiger partial charge in [-0.15, -0.1) is 12.4 Å². The number of ether oxygens (including phenoxy) is 2. The molecule has 1 aliphatic heterocycles. The number of carbonyl (C=O) groups is 1. The van der Waals surface area contributed by atoms with Crippen LogP contribution in [0.1, 0.15) is 23.1 Å². The van der Waals surface area contributed by atoms with Crippen LogP contribution in [0.4, 0.5) is 0 Å². The number of fused-ring (bicyclic) bond motifs is 1. The van der Waals surface area contributed by atoms with Crippen molar-refractivity contribution in [3.8, 4) is 11.5 Å². The minimum Gasteiger partial charge on any atom is -0.493 e. The largest absolute Gasteiger partial charge is 0.493 e. The fraction of sp³-hybridized carbons (Fsp3) is 0.458. The molecule has 2 aromatic rings. The molecule has 0 fully saturated rings. The van der Waals surface area contributed by atoms with Gasteiger partial charge in [0.2, 0.25) is 5.91 Å². The van der Waals surface area contributed by atoms with Crippen LogP contribution in [-0.2, 0) is 24.1 Å². The van der Waals surface area contributed by atoms with Gasteiger partial charge in [0, 0.05) is 19.6 Å². The Labute approximate surface area is 186 Å². The number of benzene rings is 2. The minimum absolute atomic E-state index is 0. The van der Waals surface area contributed by atoms with E-state index in [-0.39, 0.29) is 18.3 Å². The van der Waals surface area contributed by atoms with E-state index in [4.69, 9.17) is 9.47 Å². The first-order valence-electron chi connectivity index (χ1n) is 10.3. The highest BCUT2D eigenvalue weighted by Gasteiger charge is 2.19. The van der Waals surface area contributed by atoms with Crippen LogP contribution in [0, 0.1) is 0 Å². The van der Waals surface area contributed by atoms with Crippen LogP contribution in [0.15, 0.2) is 42.5 Å². The third-order valence-corrected chi connectivity index (χ3v) is 5.66. The number of likely N-dealkylation sites (N-methyl/N-ethyl adjacent to an activating group) is 1. The van der Waals surface area contributed by atoms with Gasteiger partial charge in [0.15, 0.2) is 11.5 Å². The van der Waals surface area contributed by atoms with Gasteiger partial charge >= 0.3 is 0 Å². The van der Waals surface area contributed by atoms with Crippen LogP contribution < -0.4 is 9.47 Å². The molecule has 30 heavy (non-hydrogen) atoms. The number of methoxy groups -OCH3 is 2. The minimum atomic E-state index is 0. The van der Waals surface area contributed by atoms with E-state index in [9.17, 15) is 4.79 Å². The van der Waals surface area contributed by atoms with Crippen molar-refractivity contribution in [3.05, 3.63) is 59.2 Å². The molecule has 3 rings (SSSR count). The van der Waals surface area contributed by atoms with Gasteiger partial charge in [0.25, 0.3) is 0 Å². The maximum absolute atomic E-state index is 12.6. The summed E-state index contributed by atoms with van der Waals surface area (Å²) in [5.74, 6) is 1.78. The van der Waals surface area contributed by atoms with Crippen molar-refractivity contribution < 1.29 is 14.3 Å². The van der Waals surface area contributed by atoms with Gasteiger partial charge in [0.1, 0.15) is 0 Å². The molecular formula is C24H33ClN2O3. The van der Waals surface area contributed by atoms with E-state index >= 15 is 0 Å². The number of carbonyl (C=O) groups excluding carboxylic acids is 1. The molecule has 0 saturated carbocycles. The monoisotopic (exact) mass is 432 g/mol. The molecule has 0 radical (unpaired) electrons. The zero-order chi connectivity index (χ0) is 20.6. The maximum atomic E-state index is 12.6. The molecular weight excluding hydrogens is 400 g/mol. The number of hydrogen-bond donors (Lipinski definition) is 0. The third-order valence-electron chi connectivity index (χ3n) is 5.66. The van der Waals surface area contributed by atoms with Gasteiger partial charge in [-0.3, -0.25) is 4.79 Å². The van der Waals surface area contributed by atoms with E-state index in [1.807, 2.05) is 23.1 Å². The Morgan fingerprint density at radius 2 is 1.73 bits per heavy atom. The second-order valence-electron chi connectivity index (χ2n) is 7.67. The highest BCUT2D eigenvalue weighted by atomic mass is 35.5. The predicted molar refractivity (Wildman–Crippen MR) is 123 cm³/mol. The zero-order valence-electron chi connectivity index (χ0n) is 18.2. The molecule has 1 amide bonds. The zero-order valence-corrected chi connectivity index (χ0v) is 19.0. The number of halogens is 1. The predicted octanol–water partition coefficient (Wildman–Crippen LogP) is 3.62. The summed E-state index contributed by atoms with van der Waals surface area (Å²) in [4.78, 5) is 16.9. The van der Waals surface area contributed by atoms with Crippen LogP contribution >= 0.6 is 12.4 Å². The quantitative estimate of drug-likeness (QED) is 0.607. The van der Waals surface area contributed by atoms with E-state index in [1.54, 1.807) is 14.2 Å². The standard InChI is InChI=1S/C24H32N2O3.ClH/c1-25(15-11-19-9-10-22(28-2)23(17-19)29-3)13-6-14-26-16-12-20-7-4-5-8-21(20)18-24(26)27;/h4-5,7-10,17H,6,11-16,18H2,1-3H3;1H. The lowest BCUT2D eigenvalue weighted by atomic mass is 10.0. The number of nitrogens with zero attached hydrogens (tertiary/aromatic N) is 2. The van der Waals surface area contributed by atoms with Gasteiger partial charge in [-0.1, -0.05) is 30.3 Å². The Morgan fingerprint density at radius 3 is 2.47 bits per heavy atom. The molecule has 0 N–H and O–H groups in total. The molecule has 1 aliphatic rings. The normalized spacial score (nSPS) is 13.5. The van der Waals surface area contributed by atoms with E-state index in [0.717, 1.165) is 56.9 Å². The fourth-order valence-electron chi connectivity index (χ4n) is 3.86. The molecule has 0 aliphatic carbocycles.